The quantitative estimate of drug-likeness (QED) is 0.706. The predicted octanol–water partition coefficient (Wildman–Crippen LogP) is 1.22. The first-order valence-electron chi connectivity index (χ1n) is 4.88. The second kappa shape index (κ2) is 6.21. The van der Waals surface area contributed by atoms with Crippen LogP contribution in [0, 0.1) is 0 Å². The zero-order valence-electron chi connectivity index (χ0n) is 9.17. The zero-order valence-corrected chi connectivity index (χ0v) is 9.99. The largest absolute Gasteiger partial charge is 0.508 e. The van der Waals surface area contributed by atoms with Crippen LogP contribution in [0.25, 0.3) is 0 Å². The van der Waals surface area contributed by atoms with Crippen molar-refractivity contribution in [2.24, 2.45) is 0 Å². The molecule has 0 saturated heterocycles. The number of phenolic OH excluding ortho intramolecular Hbond substituents is 1. The van der Waals surface area contributed by atoms with Gasteiger partial charge in [-0.3, -0.25) is 0 Å². The number of amides is 1. The van der Waals surface area contributed by atoms with Crippen molar-refractivity contribution in [1.29, 1.82) is 0 Å². The molecular formula is C10H13NO5S. The first-order valence-corrected chi connectivity index (χ1v) is 5.98. The van der Waals surface area contributed by atoms with Crippen LogP contribution >= 0.6 is 0 Å². The molecular weight excluding hydrogens is 246 g/mol. The van der Waals surface area contributed by atoms with Crippen LogP contribution in [0.5, 0.6) is 5.75 Å². The molecule has 6 nitrogen and oxygen atoms in total. The Hall–Kier alpha value is -1.60. The lowest BCUT2D eigenvalue weighted by molar-refractivity contribution is 0.151. The maximum Gasteiger partial charge on any atom is 0.407 e. The molecule has 0 radical (unpaired) electrons. The van der Waals surface area contributed by atoms with E-state index in [9.17, 15) is 14.1 Å². The highest BCUT2D eigenvalue weighted by Crippen LogP contribution is 2.19. The first-order chi connectivity index (χ1) is 8.04. The third-order valence-corrected chi connectivity index (χ3v) is 2.71. The van der Waals surface area contributed by atoms with Crippen LogP contribution in [0.2, 0.25) is 0 Å². The summed E-state index contributed by atoms with van der Waals surface area (Å²) >= 11 is -2.17. The number of phenols is 1. The summed E-state index contributed by atoms with van der Waals surface area (Å²) in [4.78, 5) is 11.2. The summed E-state index contributed by atoms with van der Waals surface area (Å²) in [7, 11) is 0. The van der Waals surface area contributed by atoms with Gasteiger partial charge in [-0.25, -0.2) is 9.00 Å². The fraction of sp³-hybridized carbons (Fsp3) is 0.300. The molecule has 0 saturated carbocycles. The minimum absolute atomic E-state index is 0.00880. The van der Waals surface area contributed by atoms with Gasteiger partial charge < -0.3 is 19.7 Å². The van der Waals surface area contributed by atoms with Gasteiger partial charge >= 0.3 is 6.09 Å². The number of carbonyl (C=O) groups is 1. The van der Waals surface area contributed by atoms with Gasteiger partial charge in [-0.05, 0) is 30.7 Å². The SMILES string of the molecule is CCOC(=O)NCc1cc(O)ccc1S(=O)O. The molecule has 0 heterocycles. The van der Waals surface area contributed by atoms with Crippen molar-refractivity contribution >= 4 is 17.2 Å². The summed E-state index contributed by atoms with van der Waals surface area (Å²) in [6.07, 6.45) is -0.620. The van der Waals surface area contributed by atoms with Crippen molar-refractivity contribution in [3.05, 3.63) is 23.8 Å². The average molecular weight is 259 g/mol. The minimum atomic E-state index is -2.17. The lowest BCUT2D eigenvalue weighted by Crippen LogP contribution is -2.24. The molecule has 0 aromatic heterocycles. The molecule has 0 aliphatic rings. The Bertz CT molecular complexity index is 435. The molecule has 0 fully saturated rings. The average Bonchev–Trinajstić information content (AvgIpc) is 2.26. The van der Waals surface area contributed by atoms with Crippen LogP contribution in [0.4, 0.5) is 4.79 Å². The Morgan fingerprint density at radius 2 is 2.24 bits per heavy atom. The number of carbonyl (C=O) groups excluding carboxylic acids is 1. The number of nitrogens with one attached hydrogen (secondary N) is 1. The van der Waals surface area contributed by atoms with Crippen molar-refractivity contribution in [2.45, 2.75) is 18.4 Å². The fourth-order valence-electron chi connectivity index (χ4n) is 1.22. The number of rotatable bonds is 4. The van der Waals surface area contributed by atoms with Gasteiger partial charge in [0.05, 0.1) is 11.5 Å². The number of hydrogen-bond acceptors (Lipinski definition) is 4. The van der Waals surface area contributed by atoms with Gasteiger partial charge in [-0.2, -0.15) is 0 Å². The maximum atomic E-state index is 11.0. The van der Waals surface area contributed by atoms with Crippen molar-refractivity contribution in [1.82, 2.24) is 5.32 Å². The van der Waals surface area contributed by atoms with Crippen LogP contribution in [-0.4, -0.2) is 26.6 Å². The Morgan fingerprint density at radius 3 is 2.82 bits per heavy atom. The maximum absolute atomic E-state index is 11.0. The molecule has 1 atom stereocenters. The molecule has 0 spiro atoms. The number of hydrogen-bond donors (Lipinski definition) is 3. The summed E-state index contributed by atoms with van der Waals surface area (Å²) in [5, 5.41) is 11.7. The molecule has 0 bridgehead atoms. The standard InChI is InChI=1S/C10H13NO5S/c1-2-16-10(13)11-6-7-5-8(12)3-4-9(7)17(14)15/h3-5,12H,2,6H2,1H3,(H,11,13)(H,14,15). The van der Waals surface area contributed by atoms with Gasteiger partial charge in [0.15, 0.2) is 11.1 Å². The lowest BCUT2D eigenvalue weighted by atomic mass is 10.2. The van der Waals surface area contributed by atoms with E-state index in [0.717, 1.165) is 0 Å². The van der Waals surface area contributed by atoms with E-state index in [1.807, 2.05) is 0 Å². The molecule has 1 amide bonds. The second-order valence-corrected chi connectivity index (χ2v) is 4.05. The highest BCUT2D eigenvalue weighted by molar-refractivity contribution is 7.79. The molecule has 1 aromatic rings. The van der Waals surface area contributed by atoms with E-state index in [1.54, 1.807) is 6.92 Å². The molecule has 0 aliphatic heterocycles. The monoisotopic (exact) mass is 259 g/mol. The third kappa shape index (κ3) is 4.04. The number of alkyl carbamates (subject to hydrolysis) is 1. The molecule has 0 aliphatic carbocycles. The van der Waals surface area contributed by atoms with Crippen molar-refractivity contribution in [3.63, 3.8) is 0 Å². The Balaban J connectivity index is 2.78. The fourth-order valence-corrected chi connectivity index (χ4v) is 1.76. The normalized spacial score (nSPS) is 11.9. The van der Waals surface area contributed by atoms with Gasteiger partial charge in [0, 0.05) is 6.54 Å². The van der Waals surface area contributed by atoms with Crippen LogP contribution in [0.1, 0.15) is 12.5 Å². The molecule has 3 N–H and O–H groups in total. The summed E-state index contributed by atoms with van der Waals surface area (Å²) in [5.74, 6) is -0.0418. The third-order valence-electron chi connectivity index (χ3n) is 1.93. The van der Waals surface area contributed by atoms with E-state index in [0.29, 0.717) is 5.56 Å². The highest BCUT2D eigenvalue weighted by Gasteiger charge is 2.10. The van der Waals surface area contributed by atoms with E-state index in [4.69, 9.17) is 4.55 Å². The Labute approximate surface area is 101 Å². The summed E-state index contributed by atoms with van der Waals surface area (Å²) in [5.41, 5.74) is 0.360. The molecule has 17 heavy (non-hydrogen) atoms. The van der Waals surface area contributed by atoms with Gasteiger partial charge in [-0.1, -0.05) is 0 Å². The second-order valence-electron chi connectivity index (χ2n) is 3.12. The summed E-state index contributed by atoms with van der Waals surface area (Å²) in [6.45, 7) is 1.92. The van der Waals surface area contributed by atoms with E-state index in [1.165, 1.54) is 18.2 Å². The van der Waals surface area contributed by atoms with Gasteiger partial charge in [0.2, 0.25) is 0 Å². The van der Waals surface area contributed by atoms with E-state index >= 15 is 0 Å². The number of ether oxygens (including phenoxy) is 1. The predicted molar refractivity (Wildman–Crippen MR) is 61.0 cm³/mol. The minimum Gasteiger partial charge on any atom is -0.508 e. The topological polar surface area (TPSA) is 95.9 Å². The smallest absolute Gasteiger partial charge is 0.407 e. The summed E-state index contributed by atoms with van der Waals surface area (Å²) < 4.78 is 24.6. The number of benzene rings is 1. The van der Waals surface area contributed by atoms with Crippen LogP contribution < -0.4 is 5.32 Å². The van der Waals surface area contributed by atoms with Gasteiger partial charge in [-0.15, -0.1) is 0 Å². The van der Waals surface area contributed by atoms with Crippen molar-refractivity contribution in [3.8, 4) is 5.75 Å². The highest BCUT2D eigenvalue weighted by atomic mass is 32.2. The van der Waals surface area contributed by atoms with Crippen LogP contribution in [-0.2, 0) is 22.4 Å². The molecule has 1 unspecified atom stereocenters. The number of aromatic hydroxyl groups is 1. The zero-order chi connectivity index (χ0) is 12.8. The van der Waals surface area contributed by atoms with Crippen LogP contribution in [0.15, 0.2) is 23.1 Å². The summed E-state index contributed by atoms with van der Waals surface area (Å²) in [6, 6.07) is 3.95. The molecule has 7 heteroatoms. The molecule has 1 aromatic carbocycles. The van der Waals surface area contributed by atoms with E-state index in [-0.39, 0.29) is 23.8 Å². The lowest BCUT2D eigenvalue weighted by Gasteiger charge is -2.08. The van der Waals surface area contributed by atoms with E-state index < -0.39 is 17.2 Å². The Kier molecular flexibility index (Phi) is 4.92. The molecule has 1 rings (SSSR count). The van der Waals surface area contributed by atoms with Gasteiger partial charge in [0.25, 0.3) is 0 Å². The van der Waals surface area contributed by atoms with Crippen molar-refractivity contribution in [2.75, 3.05) is 6.61 Å². The van der Waals surface area contributed by atoms with Gasteiger partial charge in [0.1, 0.15) is 5.75 Å². The molecule has 94 valence electrons. The van der Waals surface area contributed by atoms with Crippen molar-refractivity contribution < 1.29 is 23.4 Å². The Morgan fingerprint density at radius 1 is 1.53 bits per heavy atom. The first kappa shape index (κ1) is 13.5. The van der Waals surface area contributed by atoms with E-state index in [2.05, 4.69) is 10.1 Å². The van der Waals surface area contributed by atoms with Crippen LogP contribution in [0.3, 0.4) is 0 Å².